The Morgan fingerprint density at radius 2 is 1.96 bits per heavy atom. The van der Waals surface area contributed by atoms with Gasteiger partial charge >= 0.3 is 0 Å². The van der Waals surface area contributed by atoms with Crippen LogP contribution < -0.4 is 15.4 Å². The maximum Gasteiger partial charge on any atom is 0.214 e. The molecule has 24 heavy (non-hydrogen) atoms. The van der Waals surface area contributed by atoms with Gasteiger partial charge in [-0.15, -0.1) is 0 Å². The molecule has 0 fully saturated rings. The molecule has 0 saturated heterocycles. The molecule has 2 N–H and O–H groups in total. The molecule has 7 heteroatoms. The number of guanidine groups is 1. The summed E-state index contributed by atoms with van der Waals surface area (Å²) in [5.41, 5.74) is 1.66. The minimum atomic E-state index is 0.0184. The van der Waals surface area contributed by atoms with Crippen molar-refractivity contribution < 1.29 is 9.47 Å². The van der Waals surface area contributed by atoms with E-state index in [0.717, 1.165) is 5.69 Å². The van der Waals surface area contributed by atoms with Crippen LogP contribution in [-0.4, -0.2) is 19.9 Å². The molecule has 0 radical (unpaired) electrons. The SMILES string of the molecule is COCOc1cc(C#N)ccc1N=C(NC#N)Nc1ccccc1. The van der Waals surface area contributed by atoms with Crippen molar-refractivity contribution >= 4 is 17.3 Å². The van der Waals surface area contributed by atoms with Gasteiger partial charge in [0.2, 0.25) is 5.96 Å². The van der Waals surface area contributed by atoms with Gasteiger partial charge in [-0.3, -0.25) is 5.32 Å². The number of nitrogens with zero attached hydrogens (tertiary/aromatic N) is 3. The van der Waals surface area contributed by atoms with Crippen molar-refractivity contribution in [2.45, 2.75) is 0 Å². The summed E-state index contributed by atoms with van der Waals surface area (Å²) in [4.78, 5) is 4.35. The van der Waals surface area contributed by atoms with Crippen molar-refractivity contribution in [2.24, 2.45) is 4.99 Å². The molecular formula is C17H15N5O2. The summed E-state index contributed by atoms with van der Waals surface area (Å²) in [6.45, 7) is 0.0184. The van der Waals surface area contributed by atoms with Crippen LogP contribution in [0.15, 0.2) is 53.5 Å². The predicted octanol–water partition coefficient (Wildman–Crippen LogP) is 2.71. The van der Waals surface area contributed by atoms with Crippen LogP contribution in [0.25, 0.3) is 0 Å². The van der Waals surface area contributed by atoms with Crippen LogP contribution in [0.4, 0.5) is 11.4 Å². The van der Waals surface area contributed by atoms with Gasteiger partial charge in [-0.25, -0.2) is 4.99 Å². The van der Waals surface area contributed by atoms with Crippen LogP contribution in [0.1, 0.15) is 5.56 Å². The van der Waals surface area contributed by atoms with Gasteiger partial charge in [-0.2, -0.15) is 10.5 Å². The van der Waals surface area contributed by atoms with Gasteiger partial charge in [0.1, 0.15) is 11.4 Å². The van der Waals surface area contributed by atoms with Gasteiger partial charge in [-0.1, -0.05) is 18.2 Å². The molecule has 2 aromatic rings. The van der Waals surface area contributed by atoms with Gasteiger partial charge in [-0.05, 0) is 24.3 Å². The quantitative estimate of drug-likeness (QED) is 0.288. The van der Waals surface area contributed by atoms with Crippen molar-refractivity contribution in [3.63, 3.8) is 0 Å². The molecule has 0 atom stereocenters. The Morgan fingerprint density at radius 1 is 1.17 bits per heavy atom. The minimum absolute atomic E-state index is 0.0184. The number of rotatable bonds is 5. The molecule has 0 amide bonds. The number of aliphatic imine (C=N–C) groups is 1. The van der Waals surface area contributed by atoms with Crippen molar-refractivity contribution in [3.8, 4) is 18.0 Å². The van der Waals surface area contributed by atoms with Crippen LogP contribution in [0.3, 0.4) is 0 Å². The molecule has 0 heterocycles. The van der Waals surface area contributed by atoms with Crippen LogP contribution in [0.5, 0.6) is 5.75 Å². The Labute approximate surface area is 139 Å². The molecule has 0 aliphatic rings. The van der Waals surface area contributed by atoms with Gasteiger partial charge in [0.05, 0.1) is 11.6 Å². The zero-order valence-electron chi connectivity index (χ0n) is 13.0. The lowest BCUT2D eigenvalue weighted by atomic mass is 10.2. The fourth-order valence-electron chi connectivity index (χ4n) is 1.83. The first kappa shape index (κ1) is 16.8. The van der Waals surface area contributed by atoms with E-state index in [-0.39, 0.29) is 12.8 Å². The number of nitriles is 2. The predicted molar refractivity (Wildman–Crippen MR) is 89.6 cm³/mol. The van der Waals surface area contributed by atoms with E-state index in [2.05, 4.69) is 15.6 Å². The van der Waals surface area contributed by atoms with Gasteiger partial charge in [0.15, 0.2) is 13.0 Å². The van der Waals surface area contributed by atoms with Crippen molar-refractivity contribution in [1.82, 2.24) is 5.32 Å². The molecule has 2 aromatic carbocycles. The van der Waals surface area contributed by atoms with Gasteiger partial charge < -0.3 is 14.8 Å². The average Bonchev–Trinajstić information content (AvgIpc) is 2.62. The van der Waals surface area contributed by atoms with Crippen LogP contribution in [0.2, 0.25) is 0 Å². The molecule has 0 unspecified atom stereocenters. The fraction of sp³-hybridized carbons (Fsp3) is 0.118. The number of benzene rings is 2. The zero-order chi connectivity index (χ0) is 17.2. The highest BCUT2D eigenvalue weighted by atomic mass is 16.7. The van der Waals surface area contributed by atoms with Crippen molar-refractivity contribution in [2.75, 3.05) is 19.2 Å². The van der Waals surface area contributed by atoms with Gasteiger partial charge in [0.25, 0.3) is 0 Å². The number of hydrogen-bond acceptors (Lipinski definition) is 5. The second kappa shape index (κ2) is 8.79. The lowest BCUT2D eigenvalue weighted by Crippen LogP contribution is -2.26. The summed E-state index contributed by atoms with van der Waals surface area (Å²) in [6.07, 6.45) is 1.83. The van der Waals surface area contributed by atoms with E-state index >= 15 is 0 Å². The molecule has 2 rings (SSSR count). The second-order valence-electron chi connectivity index (χ2n) is 4.53. The maximum atomic E-state index is 9.00. The Balaban J connectivity index is 2.34. The van der Waals surface area contributed by atoms with E-state index in [0.29, 0.717) is 17.0 Å². The molecule has 0 aliphatic carbocycles. The topological polar surface area (TPSA) is 102 Å². The summed E-state index contributed by atoms with van der Waals surface area (Å²) in [7, 11) is 1.50. The summed E-state index contributed by atoms with van der Waals surface area (Å²) in [6, 6.07) is 16.1. The van der Waals surface area contributed by atoms with Crippen LogP contribution in [0, 0.1) is 22.8 Å². The van der Waals surface area contributed by atoms with Gasteiger partial charge in [0, 0.05) is 18.9 Å². The van der Waals surface area contributed by atoms with E-state index in [1.54, 1.807) is 18.2 Å². The lowest BCUT2D eigenvalue weighted by molar-refractivity contribution is 0.0515. The first-order valence-electron chi connectivity index (χ1n) is 6.98. The Bertz CT molecular complexity index is 791. The number of para-hydroxylation sites is 1. The molecule has 0 saturated carbocycles. The number of hydrogen-bond donors (Lipinski definition) is 2. The maximum absolute atomic E-state index is 9.00. The normalized spacial score (nSPS) is 10.4. The highest BCUT2D eigenvalue weighted by Gasteiger charge is 2.07. The Morgan fingerprint density at radius 3 is 2.62 bits per heavy atom. The summed E-state index contributed by atoms with van der Waals surface area (Å²) >= 11 is 0. The van der Waals surface area contributed by atoms with Crippen molar-refractivity contribution in [3.05, 3.63) is 54.1 Å². The van der Waals surface area contributed by atoms with Crippen molar-refractivity contribution in [1.29, 1.82) is 10.5 Å². The number of methoxy groups -OCH3 is 1. The molecule has 0 aliphatic heterocycles. The summed E-state index contributed by atoms with van der Waals surface area (Å²) < 4.78 is 10.3. The minimum Gasteiger partial charge on any atom is -0.465 e. The average molecular weight is 321 g/mol. The molecule has 7 nitrogen and oxygen atoms in total. The fourth-order valence-corrected chi connectivity index (χ4v) is 1.83. The first-order valence-corrected chi connectivity index (χ1v) is 6.98. The van der Waals surface area contributed by atoms with E-state index < -0.39 is 0 Å². The number of nitrogens with one attached hydrogen (secondary N) is 2. The highest BCUT2D eigenvalue weighted by molar-refractivity contribution is 5.96. The molecule has 0 aromatic heterocycles. The van der Waals surface area contributed by atoms with E-state index in [1.165, 1.54) is 7.11 Å². The largest absolute Gasteiger partial charge is 0.465 e. The Kier molecular flexibility index (Phi) is 6.16. The van der Waals surface area contributed by atoms with Crippen LogP contribution >= 0.6 is 0 Å². The van der Waals surface area contributed by atoms with E-state index in [1.807, 2.05) is 42.6 Å². The summed E-state index contributed by atoms with van der Waals surface area (Å²) in [5, 5.41) is 23.4. The monoisotopic (exact) mass is 321 g/mol. The zero-order valence-corrected chi connectivity index (χ0v) is 13.0. The Hall–Kier alpha value is -3.55. The number of anilines is 1. The summed E-state index contributed by atoms with van der Waals surface area (Å²) in [5.74, 6) is 0.610. The molecule has 0 spiro atoms. The number of ether oxygens (including phenoxy) is 2. The van der Waals surface area contributed by atoms with E-state index in [9.17, 15) is 0 Å². The molecule has 0 bridgehead atoms. The third kappa shape index (κ3) is 4.73. The standard InChI is InChI=1S/C17H15N5O2/c1-23-12-24-16-9-13(10-18)7-8-15(16)22-17(20-11-19)21-14-5-3-2-4-6-14/h2-9H,12H2,1H3,(H2,20,21,22). The third-order valence-corrected chi connectivity index (χ3v) is 2.86. The first-order chi connectivity index (χ1) is 11.8. The smallest absolute Gasteiger partial charge is 0.214 e. The van der Waals surface area contributed by atoms with Crippen LogP contribution in [-0.2, 0) is 4.74 Å². The van der Waals surface area contributed by atoms with E-state index in [4.69, 9.17) is 20.0 Å². The highest BCUT2D eigenvalue weighted by Crippen LogP contribution is 2.29. The third-order valence-electron chi connectivity index (χ3n) is 2.86. The molecular weight excluding hydrogens is 306 g/mol. The lowest BCUT2D eigenvalue weighted by Gasteiger charge is -2.11. The molecule has 120 valence electrons. The second-order valence-corrected chi connectivity index (χ2v) is 4.53.